The molecule has 1 aromatic heterocycles. The highest BCUT2D eigenvalue weighted by atomic mass is 32.2. The molecule has 0 aliphatic carbocycles. The first-order valence-corrected chi connectivity index (χ1v) is 12.7. The fourth-order valence-electron chi connectivity index (χ4n) is 4.81. The minimum absolute atomic E-state index is 0.283. The number of hydrogen-bond donors (Lipinski definition) is 0. The number of aromatic nitrogens is 2. The van der Waals surface area contributed by atoms with Crippen LogP contribution in [0.3, 0.4) is 0 Å². The minimum Gasteiger partial charge on any atom is -0.283 e. The van der Waals surface area contributed by atoms with Gasteiger partial charge in [0.15, 0.2) is 4.32 Å². The van der Waals surface area contributed by atoms with Gasteiger partial charge in [0, 0.05) is 7.05 Å². The van der Waals surface area contributed by atoms with Gasteiger partial charge in [-0.3, -0.25) is 19.2 Å². The highest BCUT2D eigenvalue weighted by molar-refractivity contribution is 8.27. The second kappa shape index (κ2) is 8.62. The van der Waals surface area contributed by atoms with E-state index in [9.17, 15) is 9.59 Å². The van der Waals surface area contributed by atoms with Crippen LogP contribution in [-0.2, 0) is 11.8 Å². The second-order valence-corrected chi connectivity index (χ2v) is 10.3. The molecule has 5 aromatic rings. The van der Waals surface area contributed by atoms with E-state index in [-0.39, 0.29) is 17.2 Å². The van der Waals surface area contributed by atoms with Crippen LogP contribution in [0, 0.1) is 6.92 Å². The summed E-state index contributed by atoms with van der Waals surface area (Å²) in [5.41, 5.74) is 2.36. The Labute approximate surface area is 217 Å². The zero-order valence-electron chi connectivity index (χ0n) is 19.6. The molecular formula is C29H21N3O2S2. The van der Waals surface area contributed by atoms with E-state index in [1.165, 1.54) is 16.7 Å². The van der Waals surface area contributed by atoms with Gasteiger partial charge in [0.2, 0.25) is 0 Å². The van der Waals surface area contributed by atoms with E-state index in [0.29, 0.717) is 14.9 Å². The van der Waals surface area contributed by atoms with Gasteiger partial charge >= 0.3 is 0 Å². The molecule has 0 N–H and O–H groups in total. The van der Waals surface area contributed by atoms with Crippen LogP contribution >= 0.6 is 24.0 Å². The van der Waals surface area contributed by atoms with Gasteiger partial charge in [-0.25, -0.2) is 4.68 Å². The van der Waals surface area contributed by atoms with E-state index in [4.69, 9.17) is 12.2 Å². The van der Waals surface area contributed by atoms with Gasteiger partial charge in [0.25, 0.3) is 11.5 Å². The van der Waals surface area contributed by atoms with Crippen LogP contribution in [0.25, 0.3) is 33.3 Å². The number of nitrogens with zero attached hydrogens (tertiary/aromatic N) is 3. The third-order valence-corrected chi connectivity index (χ3v) is 7.93. The lowest BCUT2D eigenvalue weighted by Crippen LogP contribution is -2.33. The Morgan fingerprint density at radius 1 is 0.833 bits per heavy atom. The summed E-state index contributed by atoms with van der Waals surface area (Å²) >= 11 is 6.87. The van der Waals surface area contributed by atoms with Crippen LogP contribution < -0.4 is 10.5 Å². The van der Waals surface area contributed by atoms with Gasteiger partial charge in [-0.15, -0.1) is 0 Å². The number of carbonyl (C=O) groups excluding carboxylic acids is 1. The summed E-state index contributed by atoms with van der Waals surface area (Å²) in [6.45, 7) is 1.83. The normalized spacial score (nSPS) is 15.1. The van der Waals surface area contributed by atoms with E-state index in [1.807, 2.05) is 74.6 Å². The van der Waals surface area contributed by atoms with Gasteiger partial charge in [0.05, 0.1) is 16.3 Å². The third-order valence-electron chi connectivity index (χ3n) is 6.63. The number of para-hydroxylation sites is 1. The monoisotopic (exact) mass is 507 g/mol. The molecule has 0 radical (unpaired) electrons. The summed E-state index contributed by atoms with van der Waals surface area (Å²) in [6, 6.07) is 27.8. The van der Waals surface area contributed by atoms with Crippen molar-refractivity contribution in [1.82, 2.24) is 9.36 Å². The molecule has 36 heavy (non-hydrogen) atoms. The second-order valence-electron chi connectivity index (χ2n) is 8.66. The molecule has 0 atom stereocenters. The molecule has 0 spiro atoms. The quantitative estimate of drug-likeness (QED) is 0.166. The molecule has 0 unspecified atom stereocenters. The largest absolute Gasteiger partial charge is 0.296 e. The molecule has 0 saturated carbocycles. The molecule has 1 saturated heterocycles. The summed E-state index contributed by atoms with van der Waals surface area (Å²) in [5.74, 6) is -0.284. The smallest absolute Gasteiger partial charge is 0.283 e. The van der Waals surface area contributed by atoms with Crippen molar-refractivity contribution in [2.75, 3.05) is 4.90 Å². The Morgan fingerprint density at radius 2 is 1.42 bits per heavy atom. The number of amides is 1. The fraction of sp³-hybridized carbons (Fsp3) is 0.0690. The van der Waals surface area contributed by atoms with E-state index in [1.54, 1.807) is 9.36 Å². The molecule has 1 aliphatic heterocycles. The molecule has 176 valence electrons. The number of carbonyl (C=O) groups is 1. The predicted octanol–water partition coefficient (Wildman–Crippen LogP) is 6.20. The van der Waals surface area contributed by atoms with Crippen LogP contribution in [-0.4, -0.2) is 19.6 Å². The number of benzene rings is 4. The zero-order valence-corrected chi connectivity index (χ0v) is 21.3. The lowest BCUT2D eigenvalue weighted by molar-refractivity contribution is -0.113. The molecule has 6 rings (SSSR count). The Morgan fingerprint density at radius 3 is 2.06 bits per heavy atom. The van der Waals surface area contributed by atoms with E-state index >= 15 is 0 Å². The molecule has 7 heteroatoms. The average Bonchev–Trinajstić information content (AvgIpc) is 3.29. The van der Waals surface area contributed by atoms with Crippen molar-refractivity contribution < 1.29 is 4.79 Å². The summed E-state index contributed by atoms with van der Waals surface area (Å²) in [4.78, 5) is 29.2. The number of thiocarbonyl (C=S) groups is 1. The van der Waals surface area contributed by atoms with Crippen LogP contribution in [0.2, 0.25) is 0 Å². The van der Waals surface area contributed by atoms with Crippen molar-refractivity contribution in [1.29, 1.82) is 0 Å². The number of hydrogen-bond acceptors (Lipinski definition) is 4. The molecule has 4 aromatic carbocycles. The fourth-order valence-corrected chi connectivity index (χ4v) is 6.06. The van der Waals surface area contributed by atoms with Crippen molar-refractivity contribution in [3.63, 3.8) is 0 Å². The Hall–Kier alpha value is -3.94. The topological polar surface area (TPSA) is 47.2 Å². The first-order valence-electron chi connectivity index (χ1n) is 11.5. The summed E-state index contributed by atoms with van der Waals surface area (Å²) in [6.07, 6.45) is 1.91. The number of rotatable bonds is 3. The van der Waals surface area contributed by atoms with Crippen molar-refractivity contribution in [2.45, 2.75) is 6.92 Å². The average molecular weight is 508 g/mol. The van der Waals surface area contributed by atoms with Gasteiger partial charge in [-0.2, -0.15) is 0 Å². The van der Waals surface area contributed by atoms with E-state index in [0.717, 1.165) is 32.8 Å². The van der Waals surface area contributed by atoms with Crippen molar-refractivity contribution in [3.05, 3.63) is 111 Å². The first-order chi connectivity index (χ1) is 17.5. The lowest BCUT2D eigenvalue weighted by Gasteiger charge is -2.12. The highest BCUT2D eigenvalue weighted by Crippen LogP contribution is 2.39. The molecular weight excluding hydrogens is 486 g/mol. The maximum Gasteiger partial charge on any atom is 0.296 e. The van der Waals surface area contributed by atoms with E-state index < -0.39 is 0 Å². The molecule has 1 aliphatic rings. The molecule has 1 amide bonds. The SMILES string of the molecule is Cc1c(N2C(=O)C(=Cc3c4ccccc4cc4ccccc34)SC2=S)c(=O)n(-c2ccccc2)n1C. The van der Waals surface area contributed by atoms with Crippen molar-refractivity contribution in [3.8, 4) is 5.69 Å². The Balaban J connectivity index is 1.50. The molecule has 0 bridgehead atoms. The van der Waals surface area contributed by atoms with Crippen LogP contribution in [0.15, 0.2) is 94.6 Å². The Kier molecular flexibility index (Phi) is 5.39. The number of fused-ring (bicyclic) bond motifs is 2. The third kappa shape index (κ3) is 3.43. The summed E-state index contributed by atoms with van der Waals surface area (Å²) < 4.78 is 3.67. The van der Waals surface area contributed by atoms with Crippen molar-refractivity contribution in [2.24, 2.45) is 7.05 Å². The maximum atomic E-state index is 13.7. The summed E-state index contributed by atoms with van der Waals surface area (Å²) in [5, 5.41) is 4.32. The van der Waals surface area contributed by atoms with Crippen LogP contribution in [0.5, 0.6) is 0 Å². The summed E-state index contributed by atoms with van der Waals surface area (Å²) in [7, 11) is 1.81. The zero-order chi connectivity index (χ0) is 25.0. The first kappa shape index (κ1) is 22.5. The number of anilines is 1. The molecule has 2 heterocycles. The van der Waals surface area contributed by atoms with Crippen LogP contribution in [0.1, 0.15) is 11.3 Å². The van der Waals surface area contributed by atoms with Gasteiger partial charge in [-0.05, 0) is 58.3 Å². The van der Waals surface area contributed by atoms with Gasteiger partial charge in [0.1, 0.15) is 5.69 Å². The standard InChI is InChI=1S/C29H21N3O2S2/c1-18-26(28(34)32(30(18)2)21-12-4-3-5-13-21)31-27(33)25(36-29(31)35)17-24-22-14-8-6-10-19(22)16-20-11-7-9-15-23(20)24/h3-17H,1-2H3. The predicted molar refractivity (Wildman–Crippen MR) is 153 cm³/mol. The van der Waals surface area contributed by atoms with E-state index in [2.05, 4.69) is 30.3 Å². The molecule has 1 fully saturated rings. The van der Waals surface area contributed by atoms with Crippen LogP contribution in [0.4, 0.5) is 5.69 Å². The van der Waals surface area contributed by atoms with Gasteiger partial charge < -0.3 is 0 Å². The molecule has 5 nitrogen and oxygen atoms in total. The Bertz CT molecular complexity index is 1740. The van der Waals surface area contributed by atoms with Crippen molar-refractivity contribution >= 4 is 67.5 Å². The highest BCUT2D eigenvalue weighted by Gasteiger charge is 2.37. The maximum absolute atomic E-state index is 13.7. The lowest BCUT2D eigenvalue weighted by atomic mass is 9.96. The van der Waals surface area contributed by atoms with Gasteiger partial charge in [-0.1, -0.05) is 90.7 Å². The minimum atomic E-state index is -0.284. The number of thioether (sulfide) groups is 1.